The minimum atomic E-state index is -1.29. The van der Waals surface area contributed by atoms with Gasteiger partial charge in [0, 0.05) is 5.56 Å². The molecule has 4 heteroatoms. The predicted octanol–water partition coefficient (Wildman–Crippen LogP) is 6.16. The van der Waals surface area contributed by atoms with Gasteiger partial charge in [0.1, 0.15) is 18.5 Å². The van der Waals surface area contributed by atoms with E-state index in [0.717, 1.165) is 24.8 Å². The molecule has 0 aliphatic rings. The van der Waals surface area contributed by atoms with Crippen LogP contribution in [0.2, 0.25) is 13.1 Å². The van der Waals surface area contributed by atoms with Crippen molar-refractivity contribution in [3.63, 3.8) is 0 Å². The van der Waals surface area contributed by atoms with Crippen LogP contribution >= 0.6 is 0 Å². The third-order valence-corrected chi connectivity index (χ3v) is 5.76. The zero-order valence-electron chi connectivity index (χ0n) is 17.6. The summed E-state index contributed by atoms with van der Waals surface area (Å²) in [5.74, 6) is 0.774. The maximum atomic E-state index is 13.0. The second-order valence-corrected chi connectivity index (χ2v) is 10.0. The number of carbonyl (C=O) groups excluding carboxylic acids is 1. The number of unbranched alkanes of at least 4 members (excludes halogenated alkanes) is 1. The van der Waals surface area contributed by atoms with Crippen molar-refractivity contribution in [1.29, 1.82) is 0 Å². The van der Waals surface area contributed by atoms with E-state index < -0.39 is 9.04 Å². The third-order valence-electron chi connectivity index (χ3n) is 4.89. The molecule has 1 unspecified atom stereocenters. The topological polar surface area (TPSA) is 35.5 Å². The van der Waals surface area contributed by atoms with Crippen LogP contribution in [0.3, 0.4) is 0 Å². The van der Waals surface area contributed by atoms with Crippen molar-refractivity contribution in [1.82, 2.24) is 0 Å². The summed E-state index contributed by atoms with van der Waals surface area (Å²) in [7, 11) is -1.29. The maximum Gasteiger partial charge on any atom is 0.190 e. The predicted molar refractivity (Wildman–Crippen MR) is 122 cm³/mol. The molecule has 0 aromatic heterocycles. The second-order valence-electron chi connectivity index (χ2n) is 7.68. The molecule has 0 saturated heterocycles. The molecular formula is C25H30O3Si. The Morgan fingerprint density at radius 3 is 2.52 bits per heavy atom. The first-order valence-electron chi connectivity index (χ1n) is 10.5. The summed E-state index contributed by atoms with van der Waals surface area (Å²) < 4.78 is 12.0. The summed E-state index contributed by atoms with van der Waals surface area (Å²) in [5.41, 5.74) is 1.77. The molecule has 0 radical (unpaired) electrons. The lowest BCUT2D eigenvalue weighted by Gasteiger charge is -2.19. The first-order valence-corrected chi connectivity index (χ1v) is 13.2. The first kappa shape index (κ1) is 21.3. The number of ether oxygens (including phenoxy) is 1. The van der Waals surface area contributed by atoms with Crippen molar-refractivity contribution in [2.24, 2.45) is 0 Å². The number of hydrogen-bond acceptors (Lipinski definition) is 3. The van der Waals surface area contributed by atoms with Gasteiger partial charge in [-0.1, -0.05) is 68.3 Å². The van der Waals surface area contributed by atoms with Gasteiger partial charge < -0.3 is 9.16 Å². The quantitative estimate of drug-likeness (QED) is 0.299. The first-order chi connectivity index (χ1) is 14.1. The molecule has 3 aromatic carbocycles. The van der Waals surface area contributed by atoms with Gasteiger partial charge in [0.2, 0.25) is 0 Å². The molecule has 152 valence electrons. The monoisotopic (exact) mass is 406 g/mol. The molecule has 0 fully saturated rings. The minimum Gasteiger partial charge on any atom is -0.489 e. The van der Waals surface area contributed by atoms with Crippen LogP contribution in [-0.2, 0) is 11.0 Å². The molecule has 0 aliphatic carbocycles. The normalized spacial score (nSPS) is 12.3. The minimum absolute atomic E-state index is 0.0656. The van der Waals surface area contributed by atoms with Gasteiger partial charge in [-0.15, -0.1) is 0 Å². The van der Waals surface area contributed by atoms with Crippen LogP contribution in [0, 0.1) is 0 Å². The van der Waals surface area contributed by atoms with Crippen molar-refractivity contribution in [3.05, 3.63) is 77.9 Å². The average molecular weight is 407 g/mol. The van der Waals surface area contributed by atoms with E-state index in [-0.39, 0.29) is 11.9 Å². The average Bonchev–Trinajstić information content (AvgIpc) is 2.74. The second kappa shape index (κ2) is 10.4. The fourth-order valence-corrected chi connectivity index (χ4v) is 4.32. The zero-order chi connectivity index (χ0) is 20.6. The molecule has 0 saturated carbocycles. The number of rotatable bonds is 10. The highest BCUT2D eigenvalue weighted by atomic mass is 28.3. The molecule has 0 aliphatic heterocycles. The SMILES string of the molecule is CCCCC(O[SiH](C)C)C(=O)c1cccc(OCc2ccc3ccccc3c2)c1. The molecule has 29 heavy (non-hydrogen) atoms. The molecule has 3 rings (SSSR count). The largest absolute Gasteiger partial charge is 0.489 e. The fourth-order valence-electron chi connectivity index (χ4n) is 3.40. The van der Waals surface area contributed by atoms with Gasteiger partial charge in [-0.3, -0.25) is 4.79 Å². The van der Waals surface area contributed by atoms with Crippen LogP contribution in [0.1, 0.15) is 42.1 Å². The van der Waals surface area contributed by atoms with Crippen LogP contribution in [0.4, 0.5) is 0 Å². The molecule has 1 atom stereocenters. The van der Waals surface area contributed by atoms with Crippen LogP contribution < -0.4 is 4.74 Å². The molecular weight excluding hydrogens is 376 g/mol. The summed E-state index contributed by atoms with van der Waals surface area (Å²) in [6.07, 6.45) is 2.50. The Kier molecular flexibility index (Phi) is 7.61. The summed E-state index contributed by atoms with van der Waals surface area (Å²) in [6.45, 7) is 6.82. The lowest BCUT2D eigenvalue weighted by molar-refractivity contribution is 0.0773. The van der Waals surface area contributed by atoms with E-state index in [4.69, 9.17) is 9.16 Å². The van der Waals surface area contributed by atoms with Gasteiger partial charge in [0.05, 0.1) is 0 Å². The molecule has 3 nitrogen and oxygen atoms in total. The molecule has 0 amide bonds. The fraction of sp³-hybridized carbons (Fsp3) is 0.320. The maximum absolute atomic E-state index is 13.0. The highest BCUT2D eigenvalue weighted by Crippen LogP contribution is 2.21. The van der Waals surface area contributed by atoms with E-state index in [1.165, 1.54) is 10.8 Å². The van der Waals surface area contributed by atoms with E-state index in [1.807, 2.05) is 36.4 Å². The summed E-state index contributed by atoms with van der Waals surface area (Å²) in [4.78, 5) is 13.0. The highest BCUT2D eigenvalue weighted by molar-refractivity contribution is 6.48. The van der Waals surface area contributed by atoms with Gasteiger partial charge in [-0.05, 0) is 54.0 Å². The van der Waals surface area contributed by atoms with Gasteiger partial charge in [-0.25, -0.2) is 0 Å². The van der Waals surface area contributed by atoms with Gasteiger partial charge in [0.25, 0.3) is 0 Å². The number of benzene rings is 3. The van der Waals surface area contributed by atoms with Crippen molar-refractivity contribution >= 4 is 25.6 Å². The number of carbonyl (C=O) groups is 1. The van der Waals surface area contributed by atoms with Crippen LogP contribution in [0.5, 0.6) is 5.75 Å². The van der Waals surface area contributed by atoms with Crippen molar-refractivity contribution < 1.29 is 14.0 Å². The summed E-state index contributed by atoms with van der Waals surface area (Å²) in [5, 5.41) is 2.42. The highest BCUT2D eigenvalue weighted by Gasteiger charge is 2.21. The molecule has 0 heterocycles. The number of fused-ring (bicyclic) bond motifs is 1. The summed E-state index contributed by atoms with van der Waals surface area (Å²) >= 11 is 0. The smallest absolute Gasteiger partial charge is 0.190 e. The van der Waals surface area contributed by atoms with E-state index in [2.05, 4.69) is 50.3 Å². The summed E-state index contributed by atoms with van der Waals surface area (Å²) in [6, 6.07) is 22.1. The lowest BCUT2D eigenvalue weighted by atomic mass is 10.0. The van der Waals surface area contributed by atoms with Crippen LogP contribution in [0.25, 0.3) is 10.8 Å². The Labute approximate surface area is 175 Å². The van der Waals surface area contributed by atoms with Gasteiger partial charge in [0.15, 0.2) is 14.8 Å². The van der Waals surface area contributed by atoms with Crippen LogP contribution in [-0.4, -0.2) is 20.9 Å². The Morgan fingerprint density at radius 1 is 0.966 bits per heavy atom. The number of ketones is 1. The van der Waals surface area contributed by atoms with E-state index in [9.17, 15) is 4.79 Å². The molecule has 0 bridgehead atoms. The zero-order valence-corrected chi connectivity index (χ0v) is 18.7. The standard InChI is InChI=1S/C25H30O3Si/c1-4-5-13-24(28-29(2)3)25(26)22-11-8-12-23(17-22)27-18-19-14-15-20-9-6-7-10-21(20)16-19/h6-12,14-17,24,29H,4-5,13,18H2,1-3H3. The lowest BCUT2D eigenvalue weighted by Crippen LogP contribution is -2.29. The third kappa shape index (κ3) is 6.02. The Balaban J connectivity index is 1.69. The van der Waals surface area contributed by atoms with Crippen molar-refractivity contribution in [3.8, 4) is 5.75 Å². The van der Waals surface area contributed by atoms with Gasteiger partial charge >= 0.3 is 0 Å². The van der Waals surface area contributed by atoms with Crippen molar-refractivity contribution in [2.45, 2.75) is 52.0 Å². The molecule has 3 aromatic rings. The van der Waals surface area contributed by atoms with Crippen molar-refractivity contribution in [2.75, 3.05) is 0 Å². The molecule has 0 spiro atoms. The van der Waals surface area contributed by atoms with E-state index >= 15 is 0 Å². The number of hydrogen-bond donors (Lipinski definition) is 0. The Morgan fingerprint density at radius 2 is 1.76 bits per heavy atom. The van der Waals surface area contributed by atoms with E-state index in [0.29, 0.717) is 17.9 Å². The van der Waals surface area contributed by atoms with Gasteiger partial charge in [-0.2, -0.15) is 0 Å². The Bertz CT molecular complexity index is 951. The van der Waals surface area contributed by atoms with E-state index in [1.54, 1.807) is 0 Å². The Hall–Kier alpha value is -2.43. The number of Topliss-reactive ketones (excluding diaryl/α,β-unsaturated/α-hetero) is 1. The molecule has 0 N–H and O–H groups in total. The van der Waals surface area contributed by atoms with Crippen LogP contribution in [0.15, 0.2) is 66.7 Å².